The van der Waals surface area contributed by atoms with E-state index in [1.54, 1.807) is 0 Å². The molecule has 0 unspecified atom stereocenters. The van der Waals surface area contributed by atoms with Gasteiger partial charge in [0.05, 0.1) is 5.56 Å². The Morgan fingerprint density at radius 2 is 1.78 bits per heavy atom. The molecule has 0 aliphatic heterocycles. The Labute approximate surface area is 102 Å². The van der Waals surface area contributed by atoms with Crippen molar-refractivity contribution < 1.29 is 18.4 Å². The number of aromatic nitrogens is 1. The zero-order valence-electron chi connectivity index (χ0n) is 9.76. The molecule has 2 rings (SSSR count). The minimum Gasteiger partial charge on any atom is -0.425 e. The van der Waals surface area contributed by atoms with E-state index >= 15 is 0 Å². The Morgan fingerprint density at radius 3 is 2.33 bits per heavy atom. The van der Waals surface area contributed by atoms with Crippen LogP contribution in [-0.2, 0) is 6.67 Å². The zero-order valence-corrected chi connectivity index (χ0v) is 9.76. The molecule has 1 N–H and O–H groups in total. The van der Waals surface area contributed by atoms with Crippen LogP contribution >= 0.6 is 0 Å². The molecule has 0 aromatic carbocycles. The quantitative estimate of drug-likeness (QED) is 0.832. The van der Waals surface area contributed by atoms with Crippen LogP contribution in [0.25, 0.3) is 0 Å². The Hall–Kier alpha value is -1.46. The summed E-state index contributed by atoms with van der Waals surface area (Å²) in [5, 5.41) is 9.53. The molecule has 1 aliphatic rings. The van der Waals surface area contributed by atoms with Crippen molar-refractivity contribution >= 4 is 0 Å². The van der Waals surface area contributed by atoms with Gasteiger partial charge in [-0.25, -0.2) is 13.2 Å². The maximum Gasteiger partial charge on any atom is 0.319 e. The van der Waals surface area contributed by atoms with E-state index in [1.165, 1.54) is 0 Å². The van der Waals surface area contributed by atoms with E-state index in [-0.39, 0.29) is 16.3 Å². The first-order chi connectivity index (χ1) is 8.57. The molecule has 1 heterocycles. The number of pyridine rings is 1. The van der Waals surface area contributed by atoms with Gasteiger partial charge in [0.15, 0.2) is 11.6 Å². The highest BCUT2D eigenvalue weighted by atomic mass is 19.1. The summed E-state index contributed by atoms with van der Waals surface area (Å²) in [7, 11) is 0. The van der Waals surface area contributed by atoms with Crippen LogP contribution in [-0.4, -0.2) is 9.94 Å². The second-order valence-corrected chi connectivity index (χ2v) is 4.58. The average Bonchev–Trinajstić information content (AvgIpc) is 2.38. The van der Waals surface area contributed by atoms with Crippen LogP contribution in [0.4, 0.5) is 13.2 Å². The van der Waals surface area contributed by atoms with Crippen LogP contribution in [0.15, 0.2) is 4.79 Å². The predicted molar refractivity (Wildman–Crippen MR) is 58.4 cm³/mol. The van der Waals surface area contributed by atoms with E-state index in [4.69, 9.17) is 0 Å². The van der Waals surface area contributed by atoms with Crippen molar-refractivity contribution in [1.82, 2.24) is 4.73 Å². The minimum atomic E-state index is -1.56. The van der Waals surface area contributed by atoms with Gasteiger partial charge in [-0.1, -0.05) is 19.3 Å². The maximum atomic E-state index is 14.0. The van der Waals surface area contributed by atoms with Gasteiger partial charge in [0.1, 0.15) is 12.4 Å². The Morgan fingerprint density at radius 1 is 1.17 bits per heavy atom. The maximum absolute atomic E-state index is 14.0. The van der Waals surface area contributed by atoms with E-state index in [0.717, 1.165) is 19.3 Å². The molecule has 0 spiro atoms. The van der Waals surface area contributed by atoms with Crippen LogP contribution < -0.4 is 5.56 Å². The first kappa shape index (κ1) is 13.0. The van der Waals surface area contributed by atoms with Gasteiger partial charge in [-0.15, -0.1) is 4.73 Å². The van der Waals surface area contributed by atoms with Crippen molar-refractivity contribution in [2.24, 2.45) is 0 Å². The molecule has 1 aliphatic carbocycles. The van der Waals surface area contributed by atoms with E-state index in [1.807, 2.05) is 0 Å². The molecule has 3 nitrogen and oxygen atoms in total. The minimum absolute atomic E-state index is 0.000185. The van der Waals surface area contributed by atoms with Crippen LogP contribution in [0.1, 0.15) is 49.3 Å². The summed E-state index contributed by atoms with van der Waals surface area (Å²) < 4.78 is 39.9. The molecule has 1 saturated carbocycles. The zero-order chi connectivity index (χ0) is 13.3. The molecule has 100 valence electrons. The van der Waals surface area contributed by atoms with Gasteiger partial charge in [0, 0.05) is 5.92 Å². The monoisotopic (exact) mass is 261 g/mol. The fraction of sp³-hybridized carbons (Fsp3) is 0.583. The smallest absolute Gasteiger partial charge is 0.319 e. The van der Waals surface area contributed by atoms with E-state index in [9.17, 15) is 23.2 Å². The fourth-order valence-electron chi connectivity index (χ4n) is 2.52. The molecule has 1 aromatic rings. The Balaban J connectivity index is 2.58. The highest BCUT2D eigenvalue weighted by molar-refractivity contribution is 5.24. The largest absolute Gasteiger partial charge is 0.425 e. The van der Waals surface area contributed by atoms with Gasteiger partial charge in [-0.05, 0) is 12.8 Å². The van der Waals surface area contributed by atoms with Crippen LogP contribution in [0.2, 0.25) is 0 Å². The van der Waals surface area contributed by atoms with Crippen molar-refractivity contribution in [3.05, 3.63) is 33.2 Å². The number of nitrogens with zero attached hydrogens (tertiary/aromatic N) is 1. The fourth-order valence-corrected chi connectivity index (χ4v) is 2.52. The highest BCUT2D eigenvalue weighted by Gasteiger charge is 2.28. The second kappa shape index (κ2) is 5.04. The SMILES string of the molecule is O=c1c(F)c(CF)c(F)c(C2CCCCC2)n1O. The van der Waals surface area contributed by atoms with E-state index in [2.05, 4.69) is 0 Å². The van der Waals surface area contributed by atoms with Crippen molar-refractivity contribution in [2.75, 3.05) is 0 Å². The van der Waals surface area contributed by atoms with Crippen molar-refractivity contribution in [3.63, 3.8) is 0 Å². The number of hydrogen-bond acceptors (Lipinski definition) is 2. The van der Waals surface area contributed by atoms with E-state index in [0.29, 0.717) is 12.8 Å². The molecular formula is C12H14F3NO2. The summed E-state index contributed by atoms with van der Waals surface area (Å²) in [6.45, 7) is -1.40. The van der Waals surface area contributed by atoms with Crippen LogP contribution in [0, 0.1) is 11.6 Å². The molecule has 0 bridgehead atoms. The number of halogens is 3. The Bertz CT molecular complexity index is 507. The third kappa shape index (κ3) is 2.00. The highest BCUT2D eigenvalue weighted by Crippen LogP contribution is 2.34. The summed E-state index contributed by atoms with van der Waals surface area (Å²) in [5.74, 6) is -3.05. The normalized spacial score (nSPS) is 17.1. The van der Waals surface area contributed by atoms with Gasteiger partial charge in [0.2, 0.25) is 0 Å². The molecule has 0 amide bonds. The summed E-state index contributed by atoms with van der Waals surface area (Å²) >= 11 is 0. The first-order valence-electron chi connectivity index (χ1n) is 5.96. The lowest BCUT2D eigenvalue weighted by Crippen LogP contribution is -2.30. The third-order valence-corrected chi connectivity index (χ3v) is 3.49. The predicted octanol–water partition coefficient (Wildman–Crippen LogP) is 2.88. The molecule has 1 fully saturated rings. The Kier molecular flexibility index (Phi) is 3.63. The van der Waals surface area contributed by atoms with Gasteiger partial charge in [0.25, 0.3) is 0 Å². The topological polar surface area (TPSA) is 42.2 Å². The summed E-state index contributed by atoms with van der Waals surface area (Å²) in [4.78, 5) is 11.4. The third-order valence-electron chi connectivity index (χ3n) is 3.49. The molecule has 0 radical (unpaired) electrons. The lowest BCUT2D eigenvalue weighted by atomic mass is 9.86. The number of rotatable bonds is 2. The number of hydrogen-bond donors (Lipinski definition) is 1. The number of alkyl halides is 1. The lowest BCUT2D eigenvalue weighted by molar-refractivity contribution is 0.144. The van der Waals surface area contributed by atoms with Crippen molar-refractivity contribution in [3.8, 4) is 0 Å². The lowest BCUT2D eigenvalue weighted by Gasteiger charge is -2.23. The molecule has 0 atom stereocenters. The summed E-state index contributed by atoms with van der Waals surface area (Å²) in [5.41, 5.74) is -2.55. The van der Waals surface area contributed by atoms with Crippen LogP contribution in [0.3, 0.4) is 0 Å². The molecular weight excluding hydrogens is 247 g/mol. The van der Waals surface area contributed by atoms with Crippen molar-refractivity contribution in [2.45, 2.75) is 44.7 Å². The standard InChI is InChI=1S/C12H14F3NO2/c13-6-8-9(14)11(7-4-2-1-3-5-7)16(18)12(17)10(8)15/h7,18H,1-6H2. The van der Waals surface area contributed by atoms with Gasteiger partial charge < -0.3 is 5.21 Å². The molecule has 18 heavy (non-hydrogen) atoms. The first-order valence-corrected chi connectivity index (χ1v) is 5.96. The molecule has 0 saturated heterocycles. The molecule has 6 heteroatoms. The average molecular weight is 261 g/mol. The second-order valence-electron chi connectivity index (χ2n) is 4.58. The van der Waals surface area contributed by atoms with Crippen LogP contribution in [0.5, 0.6) is 0 Å². The van der Waals surface area contributed by atoms with Gasteiger partial charge >= 0.3 is 5.56 Å². The molecule has 1 aromatic heterocycles. The van der Waals surface area contributed by atoms with E-state index < -0.39 is 29.4 Å². The summed E-state index contributed by atoms with van der Waals surface area (Å²) in [6.07, 6.45) is 3.91. The van der Waals surface area contributed by atoms with Crippen molar-refractivity contribution in [1.29, 1.82) is 0 Å². The van der Waals surface area contributed by atoms with Gasteiger partial charge in [-0.2, -0.15) is 0 Å². The van der Waals surface area contributed by atoms with Gasteiger partial charge in [-0.3, -0.25) is 4.79 Å². The summed E-state index contributed by atoms with van der Waals surface area (Å²) in [6, 6.07) is 0.